The highest BCUT2D eigenvalue weighted by Crippen LogP contribution is 2.20. The third-order valence-corrected chi connectivity index (χ3v) is 4.37. The Labute approximate surface area is 143 Å². The predicted octanol–water partition coefficient (Wildman–Crippen LogP) is 2.57. The summed E-state index contributed by atoms with van der Waals surface area (Å²) in [6, 6.07) is 8.85. The maximum absolute atomic E-state index is 13.1. The molecule has 24 heavy (non-hydrogen) atoms. The van der Waals surface area contributed by atoms with Gasteiger partial charge in [0.15, 0.2) is 0 Å². The molecule has 0 bridgehead atoms. The second kappa shape index (κ2) is 7.16. The van der Waals surface area contributed by atoms with E-state index in [1.54, 1.807) is 6.92 Å². The molecule has 2 rings (SSSR count). The Morgan fingerprint density at radius 3 is 2.29 bits per heavy atom. The average molecular weight is 372 g/mol. The van der Waals surface area contributed by atoms with Crippen molar-refractivity contribution < 1.29 is 17.6 Å². The lowest BCUT2D eigenvalue weighted by molar-refractivity contribution is -0.116. The molecule has 6 nitrogen and oxygen atoms in total. The van der Waals surface area contributed by atoms with Crippen molar-refractivity contribution >= 4 is 38.9 Å². The highest BCUT2D eigenvalue weighted by molar-refractivity contribution is 7.89. The van der Waals surface area contributed by atoms with Crippen LogP contribution < -0.4 is 15.8 Å². The summed E-state index contributed by atoms with van der Waals surface area (Å²) in [5, 5.41) is 10.5. The molecule has 1 unspecified atom stereocenters. The van der Waals surface area contributed by atoms with E-state index in [9.17, 15) is 17.6 Å². The molecule has 4 N–H and O–H groups in total. The Morgan fingerprint density at radius 1 is 1.17 bits per heavy atom. The molecular formula is C15H15ClFN3O3S. The minimum Gasteiger partial charge on any atom is -0.374 e. The van der Waals surface area contributed by atoms with Crippen molar-refractivity contribution in [2.75, 3.05) is 10.6 Å². The van der Waals surface area contributed by atoms with Crippen LogP contribution in [0.3, 0.4) is 0 Å². The Balaban J connectivity index is 2.02. The summed E-state index contributed by atoms with van der Waals surface area (Å²) in [6.45, 7) is 1.62. The number of carbonyl (C=O) groups excluding carboxylic acids is 1. The largest absolute Gasteiger partial charge is 0.374 e. The molecule has 0 aliphatic rings. The Hall–Kier alpha value is -2.16. The van der Waals surface area contributed by atoms with Gasteiger partial charge < -0.3 is 10.6 Å². The fourth-order valence-corrected chi connectivity index (χ4v) is 2.58. The van der Waals surface area contributed by atoms with Crippen LogP contribution in [-0.2, 0) is 14.8 Å². The van der Waals surface area contributed by atoms with Crippen molar-refractivity contribution in [2.45, 2.75) is 17.9 Å². The van der Waals surface area contributed by atoms with E-state index in [2.05, 4.69) is 10.6 Å². The number of amides is 1. The summed E-state index contributed by atoms with van der Waals surface area (Å²) in [5.41, 5.74) is 0.909. The topological polar surface area (TPSA) is 101 Å². The molecular weight excluding hydrogens is 357 g/mol. The number of nitrogens with one attached hydrogen (secondary N) is 2. The number of anilines is 2. The zero-order valence-electron chi connectivity index (χ0n) is 12.6. The normalized spacial score (nSPS) is 12.5. The molecule has 0 saturated carbocycles. The Bertz CT molecular complexity index is 857. The zero-order valence-corrected chi connectivity index (χ0v) is 14.2. The molecule has 128 valence electrons. The van der Waals surface area contributed by atoms with E-state index < -0.39 is 21.9 Å². The number of nitrogens with two attached hydrogens (primary N) is 1. The first kappa shape index (κ1) is 18.2. The van der Waals surface area contributed by atoms with Crippen LogP contribution in [0.5, 0.6) is 0 Å². The molecule has 0 radical (unpaired) electrons. The molecule has 1 atom stereocenters. The van der Waals surface area contributed by atoms with E-state index in [0.29, 0.717) is 11.4 Å². The minimum absolute atomic E-state index is 0.0485. The average Bonchev–Trinajstić information content (AvgIpc) is 2.50. The number of rotatable bonds is 5. The van der Waals surface area contributed by atoms with E-state index >= 15 is 0 Å². The highest BCUT2D eigenvalue weighted by atomic mass is 35.5. The van der Waals surface area contributed by atoms with Gasteiger partial charge in [0.1, 0.15) is 11.9 Å². The SMILES string of the molecule is CC(Nc1ccc(F)c(Cl)c1)C(=O)Nc1ccc(S(N)(=O)=O)cc1. The quantitative estimate of drug-likeness (QED) is 0.751. The van der Waals surface area contributed by atoms with Crippen LogP contribution in [0.15, 0.2) is 47.4 Å². The first-order chi connectivity index (χ1) is 11.2. The van der Waals surface area contributed by atoms with Gasteiger partial charge in [-0.1, -0.05) is 11.6 Å². The number of carbonyl (C=O) groups is 1. The molecule has 2 aromatic carbocycles. The maximum atomic E-state index is 13.1. The summed E-state index contributed by atoms with van der Waals surface area (Å²) in [6.07, 6.45) is 0. The highest BCUT2D eigenvalue weighted by Gasteiger charge is 2.14. The van der Waals surface area contributed by atoms with Gasteiger partial charge in [0.2, 0.25) is 15.9 Å². The van der Waals surface area contributed by atoms with E-state index in [0.717, 1.165) is 0 Å². The van der Waals surface area contributed by atoms with E-state index in [-0.39, 0.29) is 15.8 Å². The van der Waals surface area contributed by atoms with Crippen molar-refractivity contribution in [1.29, 1.82) is 0 Å². The van der Waals surface area contributed by atoms with Gasteiger partial charge in [-0.2, -0.15) is 0 Å². The first-order valence-corrected chi connectivity index (χ1v) is 8.74. The number of hydrogen-bond donors (Lipinski definition) is 3. The molecule has 0 aliphatic heterocycles. The van der Waals surface area contributed by atoms with Gasteiger partial charge in [-0.25, -0.2) is 17.9 Å². The lowest BCUT2D eigenvalue weighted by atomic mass is 10.2. The van der Waals surface area contributed by atoms with Gasteiger partial charge in [-0.05, 0) is 49.4 Å². The van der Waals surface area contributed by atoms with Crippen LogP contribution in [0.2, 0.25) is 5.02 Å². The number of hydrogen-bond acceptors (Lipinski definition) is 4. The summed E-state index contributed by atoms with van der Waals surface area (Å²) in [5.74, 6) is -0.909. The number of sulfonamides is 1. The molecule has 1 amide bonds. The van der Waals surface area contributed by atoms with Crippen LogP contribution in [0.25, 0.3) is 0 Å². The minimum atomic E-state index is -3.78. The molecule has 9 heteroatoms. The third-order valence-electron chi connectivity index (χ3n) is 3.15. The van der Waals surface area contributed by atoms with Crippen LogP contribution >= 0.6 is 11.6 Å². The number of benzene rings is 2. The number of primary sulfonamides is 1. The van der Waals surface area contributed by atoms with Gasteiger partial charge in [0, 0.05) is 11.4 Å². The van der Waals surface area contributed by atoms with Crippen molar-refractivity contribution in [3.63, 3.8) is 0 Å². The summed E-state index contributed by atoms with van der Waals surface area (Å²) in [4.78, 5) is 12.1. The Kier molecular flexibility index (Phi) is 5.43. The third kappa shape index (κ3) is 4.67. The molecule has 0 aliphatic carbocycles. The monoisotopic (exact) mass is 371 g/mol. The van der Waals surface area contributed by atoms with Crippen molar-refractivity contribution in [3.8, 4) is 0 Å². The van der Waals surface area contributed by atoms with Gasteiger partial charge in [0.25, 0.3) is 0 Å². The standard InChI is InChI=1S/C15H15ClFN3O3S/c1-9(19-11-4-7-14(17)13(16)8-11)15(21)20-10-2-5-12(6-3-10)24(18,22)23/h2-9,19H,1H3,(H,20,21)(H2,18,22,23). The van der Waals surface area contributed by atoms with E-state index in [1.807, 2.05) is 0 Å². The molecule has 0 aromatic heterocycles. The fraction of sp³-hybridized carbons (Fsp3) is 0.133. The second-order valence-electron chi connectivity index (χ2n) is 5.05. The van der Waals surface area contributed by atoms with Crippen LogP contribution in [-0.4, -0.2) is 20.4 Å². The predicted molar refractivity (Wildman–Crippen MR) is 90.9 cm³/mol. The fourth-order valence-electron chi connectivity index (χ4n) is 1.88. The lowest BCUT2D eigenvalue weighted by Gasteiger charge is -2.15. The van der Waals surface area contributed by atoms with Crippen LogP contribution in [0, 0.1) is 5.82 Å². The second-order valence-corrected chi connectivity index (χ2v) is 7.02. The van der Waals surface area contributed by atoms with E-state index in [4.69, 9.17) is 16.7 Å². The summed E-state index contributed by atoms with van der Waals surface area (Å²) in [7, 11) is -3.78. The van der Waals surface area contributed by atoms with Crippen LogP contribution in [0.1, 0.15) is 6.92 Å². The molecule has 0 heterocycles. The molecule has 0 spiro atoms. The Morgan fingerprint density at radius 2 is 1.75 bits per heavy atom. The van der Waals surface area contributed by atoms with Crippen molar-refractivity contribution in [3.05, 3.63) is 53.3 Å². The summed E-state index contributed by atoms with van der Waals surface area (Å²) >= 11 is 5.68. The molecule has 0 fully saturated rings. The molecule has 2 aromatic rings. The van der Waals surface area contributed by atoms with E-state index in [1.165, 1.54) is 42.5 Å². The maximum Gasteiger partial charge on any atom is 0.246 e. The smallest absolute Gasteiger partial charge is 0.246 e. The lowest BCUT2D eigenvalue weighted by Crippen LogP contribution is -2.31. The summed E-state index contributed by atoms with van der Waals surface area (Å²) < 4.78 is 35.5. The van der Waals surface area contributed by atoms with Crippen molar-refractivity contribution in [1.82, 2.24) is 0 Å². The van der Waals surface area contributed by atoms with Crippen molar-refractivity contribution in [2.24, 2.45) is 5.14 Å². The van der Waals surface area contributed by atoms with Gasteiger partial charge in [-0.3, -0.25) is 4.79 Å². The zero-order chi connectivity index (χ0) is 17.9. The van der Waals surface area contributed by atoms with Gasteiger partial charge in [-0.15, -0.1) is 0 Å². The van der Waals surface area contributed by atoms with Gasteiger partial charge in [0.05, 0.1) is 9.92 Å². The first-order valence-electron chi connectivity index (χ1n) is 6.82. The molecule has 0 saturated heterocycles. The van der Waals surface area contributed by atoms with Crippen LogP contribution in [0.4, 0.5) is 15.8 Å². The number of halogens is 2. The van der Waals surface area contributed by atoms with Gasteiger partial charge >= 0.3 is 0 Å².